The van der Waals surface area contributed by atoms with Crippen molar-refractivity contribution in [2.24, 2.45) is 34.5 Å². The summed E-state index contributed by atoms with van der Waals surface area (Å²) in [7, 11) is 0. The Morgan fingerprint density at radius 3 is 1.88 bits per heavy atom. The number of aromatic nitrogens is 3. The Labute approximate surface area is 142 Å². The van der Waals surface area contributed by atoms with Gasteiger partial charge in [-0.2, -0.15) is 0 Å². The zero-order chi connectivity index (χ0) is 16.3. The van der Waals surface area contributed by atoms with E-state index in [9.17, 15) is 9.59 Å². The van der Waals surface area contributed by atoms with E-state index < -0.39 is 0 Å². The lowest BCUT2D eigenvalue weighted by molar-refractivity contribution is 0.0445. The fraction of sp³-hybridized carbons (Fsp3) is 0.400. The second kappa shape index (κ2) is 3.02. The molecule has 1 aromatic carbocycles. The summed E-state index contributed by atoms with van der Waals surface area (Å²) < 4.78 is 5.06. The van der Waals surface area contributed by atoms with Gasteiger partial charge >= 0.3 is 11.4 Å². The Kier molecular flexibility index (Phi) is 1.44. The van der Waals surface area contributed by atoms with E-state index in [0.717, 1.165) is 5.92 Å². The van der Waals surface area contributed by atoms with Crippen LogP contribution in [0.5, 0.6) is 0 Å². The number of hydrogen-bond donors (Lipinski definition) is 0. The maximum atomic E-state index is 13.3. The van der Waals surface area contributed by atoms with Crippen LogP contribution in [0.4, 0.5) is 0 Å². The highest BCUT2D eigenvalue weighted by atomic mass is 16.2. The molecule has 4 fully saturated rings. The molecular formula is C20H15N3O2. The van der Waals surface area contributed by atoms with Gasteiger partial charge in [-0.1, -0.05) is 42.5 Å². The van der Waals surface area contributed by atoms with E-state index in [2.05, 4.69) is 24.3 Å². The van der Waals surface area contributed by atoms with Crippen LogP contribution >= 0.6 is 0 Å². The smallest absolute Gasteiger partial charge is 0.245 e. The number of nitrogens with zero attached hydrogens (tertiary/aromatic N) is 3. The number of rotatable bonds is 1. The molecule has 4 saturated carbocycles. The van der Waals surface area contributed by atoms with Gasteiger partial charge in [0, 0.05) is 10.8 Å². The minimum absolute atomic E-state index is 0.107. The molecule has 2 aromatic rings. The average Bonchev–Trinajstić information content (AvgIpc) is 3.41. The van der Waals surface area contributed by atoms with Crippen LogP contribution in [0.2, 0.25) is 0 Å². The van der Waals surface area contributed by atoms with Gasteiger partial charge in [0.1, 0.15) is 0 Å². The fourth-order valence-corrected chi connectivity index (χ4v) is 8.05. The van der Waals surface area contributed by atoms with E-state index in [0.29, 0.717) is 23.4 Å². The van der Waals surface area contributed by atoms with Crippen molar-refractivity contribution in [3.05, 3.63) is 75.6 Å². The van der Waals surface area contributed by atoms with Crippen molar-refractivity contribution >= 4 is 0 Å². The lowest BCUT2D eigenvalue weighted by atomic mass is 9.69. The third-order valence-corrected chi connectivity index (χ3v) is 8.38. The van der Waals surface area contributed by atoms with Crippen molar-refractivity contribution in [1.29, 1.82) is 0 Å². The summed E-state index contributed by atoms with van der Waals surface area (Å²) in [6.07, 6.45) is 9.02. The molecule has 0 amide bonds. The maximum Gasteiger partial charge on any atom is 0.352 e. The van der Waals surface area contributed by atoms with E-state index in [-0.39, 0.29) is 34.3 Å². The van der Waals surface area contributed by atoms with Gasteiger partial charge in [0.2, 0.25) is 0 Å². The van der Waals surface area contributed by atoms with Gasteiger partial charge in [-0.15, -0.1) is 0 Å². The summed E-state index contributed by atoms with van der Waals surface area (Å²) in [6.45, 7) is 0. The Balaban J connectivity index is 1.50. The van der Waals surface area contributed by atoms with Crippen LogP contribution < -0.4 is 11.4 Å². The predicted octanol–water partition coefficient (Wildman–Crippen LogP) is 1.51. The van der Waals surface area contributed by atoms with Gasteiger partial charge in [-0.3, -0.25) is 0 Å². The number of benzene rings is 1. The molecule has 2 bridgehead atoms. The Hall–Kier alpha value is -2.56. The van der Waals surface area contributed by atoms with Crippen molar-refractivity contribution < 1.29 is 0 Å². The Morgan fingerprint density at radius 2 is 1.32 bits per heavy atom. The van der Waals surface area contributed by atoms with E-state index in [4.69, 9.17) is 0 Å². The largest absolute Gasteiger partial charge is 0.352 e. The first kappa shape index (κ1) is 11.9. The van der Waals surface area contributed by atoms with Crippen molar-refractivity contribution in [3.63, 3.8) is 0 Å². The van der Waals surface area contributed by atoms with Crippen LogP contribution in [-0.4, -0.2) is 13.9 Å². The molecule has 5 aliphatic carbocycles. The highest BCUT2D eigenvalue weighted by Gasteiger charge is 3.02. The summed E-state index contributed by atoms with van der Waals surface area (Å²) in [5.41, 5.74) is 0.568. The molecule has 2 spiro atoms. The molecule has 0 saturated heterocycles. The Bertz CT molecular complexity index is 1130. The third-order valence-electron chi connectivity index (χ3n) is 8.38. The van der Waals surface area contributed by atoms with Crippen molar-refractivity contribution in [1.82, 2.24) is 13.9 Å². The number of hydrogen-bond acceptors (Lipinski definition) is 2. The molecule has 9 rings (SSSR count). The van der Waals surface area contributed by atoms with Gasteiger partial charge in [0.05, 0.1) is 17.8 Å². The molecule has 2 unspecified atom stereocenters. The maximum absolute atomic E-state index is 13.3. The van der Waals surface area contributed by atoms with E-state index in [1.165, 1.54) is 4.57 Å². The fourth-order valence-electron chi connectivity index (χ4n) is 8.05. The first-order valence-corrected chi connectivity index (χ1v) is 9.14. The third kappa shape index (κ3) is 0.819. The van der Waals surface area contributed by atoms with Crippen LogP contribution in [0.15, 0.2) is 64.2 Å². The van der Waals surface area contributed by atoms with Crippen molar-refractivity contribution in [2.45, 2.75) is 12.1 Å². The summed E-state index contributed by atoms with van der Waals surface area (Å²) in [5, 5.41) is 0. The second-order valence-corrected chi connectivity index (χ2v) is 8.61. The summed E-state index contributed by atoms with van der Waals surface area (Å²) in [6, 6.07) is 9.67. The van der Waals surface area contributed by atoms with Crippen LogP contribution in [0.25, 0.3) is 5.69 Å². The van der Waals surface area contributed by atoms with Crippen molar-refractivity contribution in [2.75, 3.05) is 0 Å². The molecular weight excluding hydrogens is 314 g/mol. The molecule has 0 radical (unpaired) electrons. The van der Waals surface area contributed by atoms with E-state index in [1.807, 2.05) is 39.7 Å². The van der Waals surface area contributed by atoms with Crippen LogP contribution in [0.3, 0.4) is 0 Å². The van der Waals surface area contributed by atoms with Gasteiger partial charge in [0.25, 0.3) is 0 Å². The van der Waals surface area contributed by atoms with Gasteiger partial charge in [-0.25, -0.2) is 23.5 Å². The highest BCUT2D eigenvalue weighted by Crippen LogP contribution is 3.03. The second-order valence-electron chi connectivity index (χ2n) is 8.61. The van der Waals surface area contributed by atoms with E-state index in [1.54, 1.807) is 0 Å². The molecule has 0 N–H and O–H groups in total. The molecule has 3 heterocycles. The molecule has 1 aromatic heterocycles. The van der Waals surface area contributed by atoms with Crippen LogP contribution in [-0.2, 0) is 0 Å². The zero-order valence-corrected chi connectivity index (χ0v) is 13.3. The Morgan fingerprint density at radius 1 is 0.760 bits per heavy atom. The normalized spacial score (nSPS) is 49.9. The van der Waals surface area contributed by atoms with Gasteiger partial charge in [-0.05, 0) is 35.8 Å². The summed E-state index contributed by atoms with van der Waals surface area (Å²) >= 11 is 0. The minimum Gasteiger partial charge on any atom is -0.245 e. The molecule has 7 aliphatic rings. The lowest BCUT2D eigenvalue weighted by Gasteiger charge is -2.47. The molecule has 2 aliphatic heterocycles. The average molecular weight is 329 g/mol. The van der Waals surface area contributed by atoms with Crippen LogP contribution in [0, 0.1) is 34.5 Å². The molecule has 5 heteroatoms. The number of para-hydroxylation sites is 1. The minimum atomic E-state index is -0.159. The number of allylic oxidation sites excluding steroid dienone is 4. The first-order chi connectivity index (χ1) is 12.2. The lowest BCUT2D eigenvalue weighted by Crippen LogP contribution is -2.52. The molecule has 8 atom stereocenters. The zero-order valence-electron chi connectivity index (χ0n) is 13.3. The quantitative estimate of drug-likeness (QED) is 0.796. The summed E-state index contributed by atoms with van der Waals surface area (Å²) in [5.74, 6) is 2.59. The van der Waals surface area contributed by atoms with Crippen molar-refractivity contribution in [3.8, 4) is 5.69 Å². The summed E-state index contributed by atoms with van der Waals surface area (Å²) in [4.78, 5) is 26.6. The highest BCUT2D eigenvalue weighted by molar-refractivity contribution is 5.57. The molecule has 122 valence electrons. The standard InChI is InChI=1S/C20H15N3O2/c24-17-21(10-6-2-1-3-7-10)18(25)23-16-13-11-12(13)15(22(17)23)19-8-4-5-9-20(16,19)14(11)19/h1-9,11-16H/t11?,12-,13-,14?,15-,16+,19-,20+/m0/s1. The van der Waals surface area contributed by atoms with Crippen LogP contribution in [0.1, 0.15) is 12.1 Å². The predicted molar refractivity (Wildman–Crippen MR) is 89.5 cm³/mol. The van der Waals surface area contributed by atoms with E-state index >= 15 is 0 Å². The molecule has 5 nitrogen and oxygen atoms in total. The van der Waals surface area contributed by atoms with Gasteiger partial charge < -0.3 is 0 Å². The molecule has 25 heavy (non-hydrogen) atoms. The monoisotopic (exact) mass is 329 g/mol. The van der Waals surface area contributed by atoms with Gasteiger partial charge in [0.15, 0.2) is 0 Å². The topological polar surface area (TPSA) is 48.9 Å². The first-order valence-electron chi connectivity index (χ1n) is 9.14. The SMILES string of the molecule is O=c1n(-c2ccccc2)c(=O)n2n1[C@H]1[C@H]3C4C5[C@@]16C=CC=C[C@]56[C@H]2[C@@H]43.